The van der Waals surface area contributed by atoms with Crippen LogP contribution in [0.25, 0.3) is 6.08 Å². The van der Waals surface area contributed by atoms with Gasteiger partial charge in [0.25, 0.3) is 5.91 Å². The summed E-state index contributed by atoms with van der Waals surface area (Å²) in [6.07, 6.45) is -2.39. The van der Waals surface area contributed by atoms with E-state index >= 15 is 0 Å². The van der Waals surface area contributed by atoms with Crippen molar-refractivity contribution in [1.29, 1.82) is 0 Å². The number of methoxy groups -OCH3 is 1. The lowest BCUT2D eigenvalue weighted by atomic mass is 10.2. The van der Waals surface area contributed by atoms with Crippen molar-refractivity contribution in [1.82, 2.24) is 0 Å². The third-order valence-corrected chi connectivity index (χ3v) is 3.25. The Morgan fingerprint density at radius 1 is 1.07 bits per heavy atom. The van der Waals surface area contributed by atoms with Gasteiger partial charge in [0.2, 0.25) is 0 Å². The number of hydrogen-bond donors (Lipinski definition) is 1. The van der Waals surface area contributed by atoms with Crippen molar-refractivity contribution in [2.45, 2.75) is 6.36 Å². The Bertz CT molecular complexity index is 847. The van der Waals surface area contributed by atoms with Gasteiger partial charge in [0.1, 0.15) is 11.5 Å². The minimum atomic E-state index is -4.77. The number of amides is 1. The predicted octanol–water partition coefficient (Wildman–Crippen LogP) is 3.79. The molecule has 148 valence electrons. The third-order valence-electron chi connectivity index (χ3n) is 3.25. The van der Waals surface area contributed by atoms with Crippen molar-refractivity contribution in [3.8, 4) is 11.5 Å². The highest BCUT2D eigenvalue weighted by Gasteiger charge is 2.30. The lowest BCUT2D eigenvalue weighted by Gasteiger charge is -2.09. The Hall–Kier alpha value is -3.49. The van der Waals surface area contributed by atoms with E-state index in [9.17, 15) is 22.8 Å². The smallest absolute Gasteiger partial charge is 0.495 e. The number of ether oxygens (including phenoxy) is 3. The molecule has 0 aliphatic carbocycles. The maximum atomic E-state index is 12.1. The molecule has 2 rings (SSSR count). The summed E-state index contributed by atoms with van der Waals surface area (Å²) in [6, 6.07) is 11.6. The lowest BCUT2D eigenvalue weighted by molar-refractivity contribution is -0.274. The van der Waals surface area contributed by atoms with E-state index in [1.807, 2.05) is 0 Å². The van der Waals surface area contributed by atoms with Gasteiger partial charge in [-0.3, -0.25) is 4.79 Å². The molecule has 1 N–H and O–H groups in total. The molecule has 2 aromatic rings. The Morgan fingerprint density at radius 2 is 1.75 bits per heavy atom. The van der Waals surface area contributed by atoms with Crippen LogP contribution in [0.15, 0.2) is 54.6 Å². The predicted molar refractivity (Wildman–Crippen MR) is 94.7 cm³/mol. The van der Waals surface area contributed by atoms with E-state index in [0.29, 0.717) is 17.0 Å². The summed E-state index contributed by atoms with van der Waals surface area (Å²) in [5, 5.41) is 2.54. The Kier molecular flexibility index (Phi) is 7.02. The van der Waals surface area contributed by atoms with E-state index < -0.39 is 24.8 Å². The number of alkyl halides is 3. The summed E-state index contributed by atoms with van der Waals surface area (Å²) in [5.74, 6) is -1.26. The van der Waals surface area contributed by atoms with Crippen molar-refractivity contribution in [3.63, 3.8) is 0 Å². The van der Waals surface area contributed by atoms with Crippen LogP contribution in [0.4, 0.5) is 18.9 Å². The first-order valence-corrected chi connectivity index (χ1v) is 7.90. The van der Waals surface area contributed by atoms with Gasteiger partial charge < -0.3 is 19.5 Å². The molecule has 0 spiro atoms. The summed E-state index contributed by atoms with van der Waals surface area (Å²) in [7, 11) is 1.46. The van der Waals surface area contributed by atoms with Crippen LogP contribution in [0.1, 0.15) is 5.56 Å². The SMILES string of the molecule is COc1ccccc1NC(=O)COC(=O)/C=C/c1ccc(OC(F)(F)F)cc1. The van der Waals surface area contributed by atoms with Crippen LogP contribution < -0.4 is 14.8 Å². The first-order chi connectivity index (χ1) is 13.3. The Labute approximate surface area is 158 Å². The van der Waals surface area contributed by atoms with E-state index in [1.165, 1.54) is 25.3 Å². The van der Waals surface area contributed by atoms with Gasteiger partial charge in [-0.2, -0.15) is 0 Å². The van der Waals surface area contributed by atoms with E-state index in [4.69, 9.17) is 9.47 Å². The van der Waals surface area contributed by atoms with Crippen molar-refractivity contribution in [2.24, 2.45) is 0 Å². The summed E-state index contributed by atoms with van der Waals surface area (Å²) < 4.78 is 49.9. The molecule has 28 heavy (non-hydrogen) atoms. The van der Waals surface area contributed by atoms with Crippen molar-refractivity contribution in [2.75, 3.05) is 19.0 Å². The van der Waals surface area contributed by atoms with Crippen molar-refractivity contribution in [3.05, 3.63) is 60.2 Å². The van der Waals surface area contributed by atoms with Gasteiger partial charge in [0.15, 0.2) is 6.61 Å². The molecule has 0 saturated carbocycles. The number of esters is 1. The van der Waals surface area contributed by atoms with E-state index in [2.05, 4.69) is 10.1 Å². The maximum Gasteiger partial charge on any atom is 0.573 e. The molecular weight excluding hydrogens is 379 g/mol. The molecular formula is C19H16F3NO5. The van der Waals surface area contributed by atoms with Crippen LogP contribution in [0.3, 0.4) is 0 Å². The molecule has 9 heteroatoms. The second-order valence-corrected chi connectivity index (χ2v) is 5.31. The maximum absolute atomic E-state index is 12.1. The second-order valence-electron chi connectivity index (χ2n) is 5.31. The molecule has 0 aliphatic rings. The number of carbonyl (C=O) groups is 2. The zero-order valence-electron chi connectivity index (χ0n) is 14.7. The normalized spacial score (nSPS) is 11.1. The number of halogens is 3. The summed E-state index contributed by atoms with van der Waals surface area (Å²) >= 11 is 0. The van der Waals surface area contributed by atoms with Crippen LogP contribution in [0.2, 0.25) is 0 Å². The second kappa shape index (κ2) is 9.45. The third kappa shape index (κ3) is 7.02. The summed E-state index contributed by atoms with van der Waals surface area (Å²) in [5.41, 5.74) is 0.882. The highest BCUT2D eigenvalue weighted by Crippen LogP contribution is 2.23. The van der Waals surface area contributed by atoms with Gasteiger partial charge in [-0.15, -0.1) is 13.2 Å². The number of para-hydroxylation sites is 2. The van der Waals surface area contributed by atoms with E-state index in [0.717, 1.165) is 18.2 Å². The molecule has 0 aromatic heterocycles. The zero-order valence-corrected chi connectivity index (χ0v) is 14.7. The summed E-state index contributed by atoms with van der Waals surface area (Å²) in [4.78, 5) is 23.5. The van der Waals surface area contributed by atoms with Gasteiger partial charge in [-0.1, -0.05) is 24.3 Å². The fourth-order valence-electron chi connectivity index (χ4n) is 2.06. The molecule has 0 saturated heterocycles. The standard InChI is InChI=1S/C19H16F3NO5/c1-26-16-5-3-2-4-15(16)23-17(24)12-27-18(25)11-8-13-6-9-14(10-7-13)28-19(20,21)22/h2-11H,12H2,1H3,(H,23,24)/b11-8+. The highest BCUT2D eigenvalue weighted by molar-refractivity contribution is 5.95. The summed E-state index contributed by atoms with van der Waals surface area (Å²) in [6.45, 7) is -0.514. The van der Waals surface area contributed by atoms with Crippen LogP contribution in [0, 0.1) is 0 Å². The van der Waals surface area contributed by atoms with E-state index in [1.54, 1.807) is 24.3 Å². The van der Waals surface area contributed by atoms with Gasteiger partial charge in [0.05, 0.1) is 12.8 Å². The number of benzene rings is 2. The lowest BCUT2D eigenvalue weighted by Crippen LogP contribution is -2.20. The molecule has 0 aliphatic heterocycles. The fraction of sp³-hybridized carbons (Fsp3) is 0.158. The van der Waals surface area contributed by atoms with Gasteiger partial charge in [0, 0.05) is 6.08 Å². The molecule has 0 unspecified atom stereocenters. The minimum Gasteiger partial charge on any atom is -0.495 e. The molecule has 0 bridgehead atoms. The number of anilines is 1. The molecule has 0 heterocycles. The van der Waals surface area contributed by atoms with Gasteiger partial charge >= 0.3 is 12.3 Å². The van der Waals surface area contributed by atoms with Crippen molar-refractivity contribution >= 4 is 23.6 Å². The molecule has 2 aromatic carbocycles. The van der Waals surface area contributed by atoms with Crippen molar-refractivity contribution < 1.29 is 37.0 Å². The average molecular weight is 395 g/mol. The quantitative estimate of drug-likeness (QED) is 0.570. The Balaban J connectivity index is 1.82. The average Bonchev–Trinajstić information content (AvgIpc) is 2.65. The topological polar surface area (TPSA) is 73.9 Å². The van der Waals surface area contributed by atoms with Crippen LogP contribution in [0.5, 0.6) is 11.5 Å². The number of carbonyl (C=O) groups excluding carboxylic acids is 2. The molecule has 0 atom stereocenters. The molecule has 0 radical (unpaired) electrons. The van der Waals surface area contributed by atoms with Crippen LogP contribution >= 0.6 is 0 Å². The van der Waals surface area contributed by atoms with Crippen LogP contribution in [-0.4, -0.2) is 32.0 Å². The number of hydrogen-bond acceptors (Lipinski definition) is 5. The fourth-order valence-corrected chi connectivity index (χ4v) is 2.06. The largest absolute Gasteiger partial charge is 0.573 e. The van der Waals surface area contributed by atoms with Gasteiger partial charge in [-0.05, 0) is 35.9 Å². The van der Waals surface area contributed by atoms with E-state index in [-0.39, 0.29) is 5.75 Å². The highest BCUT2D eigenvalue weighted by atomic mass is 19.4. The van der Waals surface area contributed by atoms with Crippen LogP contribution in [-0.2, 0) is 14.3 Å². The Morgan fingerprint density at radius 3 is 2.39 bits per heavy atom. The first kappa shape index (κ1) is 20.8. The number of nitrogens with one attached hydrogen (secondary N) is 1. The molecule has 6 nitrogen and oxygen atoms in total. The van der Waals surface area contributed by atoms with Gasteiger partial charge in [-0.25, -0.2) is 4.79 Å². The first-order valence-electron chi connectivity index (χ1n) is 7.90. The molecule has 1 amide bonds. The monoisotopic (exact) mass is 395 g/mol. The number of rotatable bonds is 7. The molecule has 0 fully saturated rings. The zero-order chi connectivity index (χ0) is 20.6. The minimum absolute atomic E-state index is 0.375.